The molecule has 0 spiro atoms. The predicted octanol–water partition coefficient (Wildman–Crippen LogP) is 4.37. The summed E-state index contributed by atoms with van der Waals surface area (Å²) in [7, 11) is 0. The van der Waals surface area contributed by atoms with E-state index >= 15 is 0 Å². The second kappa shape index (κ2) is 9.44. The molecule has 34 heavy (non-hydrogen) atoms. The average molecular weight is 620 g/mol. The maximum absolute atomic E-state index is 12.8. The van der Waals surface area contributed by atoms with E-state index in [1.807, 2.05) is 0 Å². The first kappa shape index (κ1) is 24.9. The molecular weight excluding hydrogens is 605 g/mol. The topological polar surface area (TPSA) is 100 Å². The van der Waals surface area contributed by atoms with Crippen LogP contribution in [0.15, 0.2) is 28.5 Å². The molecule has 0 fully saturated rings. The fourth-order valence-corrected chi connectivity index (χ4v) is 4.90. The van der Waals surface area contributed by atoms with Gasteiger partial charge in [-0.25, -0.2) is 15.0 Å². The third kappa shape index (κ3) is 5.22. The van der Waals surface area contributed by atoms with Crippen LogP contribution < -0.4 is 20.5 Å². The quantitative estimate of drug-likeness (QED) is 0.229. The van der Waals surface area contributed by atoms with Gasteiger partial charge >= 0.3 is 12.4 Å². The molecule has 1 aliphatic heterocycles. The Morgan fingerprint density at radius 1 is 1.12 bits per heavy atom. The van der Waals surface area contributed by atoms with Gasteiger partial charge in [0.25, 0.3) is 0 Å². The number of nitrogen functional groups attached to an aromatic ring is 1. The lowest BCUT2D eigenvalue weighted by atomic mass is 10.2. The molecule has 0 saturated carbocycles. The van der Waals surface area contributed by atoms with Crippen molar-refractivity contribution in [2.24, 2.45) is 0 Å². The summed E-state index contributed by atoms with van der Waals surface area (Å²) in [5, 5.41) is 1.94. The second-order valence-corrected chi connectivity index (χ2v) is 9.21. The number of imidazole rings is 1. The van der Waals surface area contributed by atoms with Gasteiger partial charge in [0, 0.05) is 15.0 Å². The molecule has 0 radical (unpaired) electrons. The number of ether oxygens (including phenoxy) is 2. The van der Waals surface area contributed by atoms with Crippen LogP contribution in [-0.4, -0.2) is 51.3 Å². The molecule has 184 valence electrons. The van der Waals surface area contributed by atoms with Gasteiger partial charge < -0.3 is 19.8 Å². The number of aromatic nitrogens is 4. The third-order valence-electron chi connectivity index (χ3n) is 4.72. The number of aryl methyl sites for hydroxylation is 1. The fraction of sp³-hybridized carbons (Fsp3) is 0.389. The van der Waals surface area contributed by atoms with Crippen molar-refractivity contribution in [1.29, 1.82) is 0 Å². The van der Waals surface area contributed by atoms with E-state index in [0.717, 1.165) is 8.47 Å². The maximum atomic E-state index is 12.8. The lowest BCUT2D eigenvalue weighted by molar-refractivity contribution is -0.258. The van der Waals surface area contributed by atoms with Crippen molar-refractivity contribution in [3.05, 3.63) is 22.0 Å². The Balaban J connectivity index is 1.56. The van der Waals surface area contributed by atoms with E-state index in [2.05, 4.69) is 37.5 Å². The summed E-state index contributed by atoms with van der Waals surface area (Å²) in [5.41, 5.74) is 6.48. The number of hydrogen-bond donors (Lipinski definition) is 2. The molecule has 3 N–H and O–H groups in total. The number of nitrogens with zero attached hydrogens (tertiary/aromatic N) is 4. The van der Waals surface area contributed by atoms with E-state index in [1.54, 1.807) is 22.0 Å². The minimum Gasteiger partial charge on any atom is -0.454 e. The van der Waals surface area contributed by atoms with Crippen molar-refractivity contribution in [2.45, 2.75) is 41.4 Å². The van der Waals surface area contributed by atoms with E-state index in [9.17, 15) is 26.3 Å². The van der Waals surface area contributed by atoms with Crippen LogP contribution in [0, 0.1) is 3.57 Å². The summed E-state index contributed by atoms with van der Waals surface area (Å²) in [6.07, 6.45) is -9.78. The van der Waals surface area contributed by atoms with Crippen molar-refractivity contribution >= 4 is 51.3 Å². The van der Waals surface area contributed by atoms with Crippen LogP contribution in [0.2, 0.25) is 0 Å². The zero-order valence-electron chi connectivity index (χ0n) is 16.9. The molecule has 1 aromatic carbocycles. The van der Waals surface area contributed by atoms with E-state index < -0.39 is 24.9 Å². The van der Waals surface area contributed by atoms with Gasteiger partial charge in [0.2, 0.25) is 12.8 Å². The lowest BCUT2D eigenvalue weighted by Crippen LogP contribution is -2.52. The highest BCUT2D eigenvalue weighted by molar-refractivity contribution is 14.1. The van der Waals surface area contributed by atoms with Crippen LogP contribution in [0.25, 0.3) is 11.2 Å². The monoisotopic (exact) mass is 620 g/mol. The molecule has 16 heteroatoms. The number of rotatable bonds is 7. The number of nitrogens with one attached hydrogen (secondary N) is 1. The van der Waals surface area contributed by atoms with Gasteiger partial charge in [-0.3, -0.25) is 5.32 Å². The fourth-order valence-electron chi connectivity index (χ4n) is 3.19. The number of benzene rings is 1. The highest BCUT2D eigenvalue weighted by atomic mass is 127. The predicted molar refractivity (Wildman–Crippen MR) is 118 cm³/mol. The zero-order chi connectivity index (χ0) is 24.7. The van der Waals surface area contributed by atoms with Crippen molar-refractivity contribution in [3.8, 4) is 11.5 Å². The molecule has 3 aromatic rings. The SMILES string of the molecule is Nc1ncnc2c1nc(Sc1cc3c(cc1I)OCO3)n2CCCNC(C(F)(F)F)C(F)(F)F. The van der Waals surface area contributed by atoms with Gasteiger partial charge in [-0.2, -0.15) is 26.3 Å². The number of hydrogen-bond acceptors (Lipinski definition) is 8. The van der Waals surface area contributed by atoms with Gasteiger partial charge in [-0.1, -0.05) is 11.8 Å². The van der Waals surface area contributed by atoms with Crippen LogP contribution in [-0.2, 0) is 6.54 Å². The van der Waals surface area contributed by atoms with Gasteiger partial charge in [-0.05, 0) is 47.7 Å². The zero-order valence-corrected chi connectivity index (χ0v) is 19.8. The molecule has 0 amide bonds. The normalized spacial score (nSPS) is 13.9. The van der Waals surface area contributed by atoms with Crippen LogP contribution in [0.5, 0.6) is 11.5 Å². The first-order valence-corrected chi connectivity index (χ1v) is 11.4. The second-order valence-electron chi connectivity index (χ2n) is 7.04. The molecule has 8 nitrogen and oxygen atoms in total. The van der Waals surface area contributed by atoms with Gasteiger partial charge in [0.15, 0.2) is 33.6 Å². The molecule has 2 aromatic heterocycles. The molecule has 1 aliphatic rings. The Hall–Kier alpha value is -2.21. The summed E-state index contributed by atoms with van der Waals surface area (Å²) in [6, 6.07) is -0.0709. The number of halogens is 7. The summed E-state index contributed by atoms with van der Waals surface area (Å²) in [6.45, 7) is -0.421. The molecule has 3 heterocycles. The van der Waals surface area contributed by atoms with Crippen LogP contribution in [0.3, 0.4) is 0 Å². The van der Waals surface area contributed by atoms with Gasteiger partial charge in [-0.15, -0.1) is 0 Å². The molecule has 0 saturated heterocycles. The highest BCUT2D eigenvalue weighted by Gasteiger charge is 2.56. The number of anilines is 1. The Labute approximate surface area is 205 Å². The van der Waals surface area contributed by atoms with E-state index in [4.69, 9.17) is 15.2 Å². The lowest BCUT2D eigenvalue weighted by Gasteiger charge is -2.24. The minimum absolute atomic E-state index is 0.0336. The number of nitrogens with two attached hydrogens (primary N) is 1. The molecular formula is C18H15F6IN6O2S. The van der Waals surface area contributed by atoms with Crippen LogP contribution in [0.1, 0.15) is 6.42 Å². The largest absolute Gasteiger partial charge is 0.454 e. The molecule has 0 bridgehead atoms. The summed E-state index contributed by atoms with van der Waals surface area (Å²) >= 11 is 3.32. The first-order valence-electron chi connectivity index (χ1n) is 9.55. The number of fused-ring (bicyclic) bond motifs is 2. The molecule has 4 rings (SSSR count). The van der Waals surface area contributed by atoms with Gasteiger partial charge in [0.1, 0.15) is 6.33 Å². The van der Waals surface area contributed by atoms with Crippen molar-refractivity contribution in [1.82, 2.24) is 24.8 Å². The van der Waals surface area contributed by atoms with Crippen molar-refractivity contribution in [2.75, 3.05) is 19.1 Å². The Kier molecular flexibility index (Phi) is 6.92. The van der Waals surface area contributed by atoms with Crippen molar-refractivity contribution in [3.63, 3.8) is 0 Å². The molecule has 0 unspecified atom stereocenters. The first-order chi connectivity index (χ1) is 15.9. The van der Waals surface area contributed by atoms with E-state index in [0.29, 0.717) is 22.3 Å². The Morgan fingerprint density at radius 3 is 2.47 bits per heavy atom. The van der Waals surface area contributed by atoms with Crippen LogP contribution in [0.4, 0.5) is 32.2 Å². The molecule has 0 atom stereocenters. The van der Waals surface area contributed by atoms with E-state index in [-0.39, 0.29) is 31.1 Å². The number of alkyl halides is 6. The highest BCUT2D eigenvalue weighted by Crippen LogP contribution is 2.41. The maximum Gasteiger partial charge on any atom is 0.412 e. The van der Waals surface area contributed by atoms with E-state index in [1.165, 1.54) is 18.1 Å². The third-order valence-corrected chi connectivity index (χ3v) is 7.03. The minimum atomic E-state index is -5.46. The molecule has 0 aliphatic carbocycles. The summed E-state index contributed by atoms with van der Waals surface area (Å²) < 4.78 is 89.7. The van der Waals surface area contributed by atoms with Gasteiger partial charge in [0.05, 0.1) is 0 Å². The average Bonchev–Trinajstić information content (AvgIpc) is 3.31. The summed E-state index contributed by atoms with van der Waals surface area (Å²) in [5.74, 6) is 1.23. The van der Waals surface area contributed by atoms with Crippen molar-refractivity contribution < 1.29 is 35.8 Å². The standard InChI is InChI=1S/C18H15F6IN6O2S/c19-17(20,21)15(18(22,23)24)27-2-1-3-31-14-12(13(26)28-6-29-14)30-16(31)34-11-5-10-9(4-8(11)25)32-7-33-10/h4-6,15,27H,1-3,7H2,(H2,26,28,29). The van der Waals surface area contributed by atoms with Crippen LogP contribution >= 0.6 is 34.4 Å². The smallest absolute Gasteiger partial charge is 0.412 e. The Morgan fingerprint density at radius 2 is 1.79 bits per heavy atom. The summed E-state index contributed by atoms with van der Waals surface area (Å²) in [4.78, 5) is 13.2. The Bertz CT molecular complexity index is 1190.